The number of hydrogen-bond acceptors (Lipinski definition) is 3. The molecule has 0 aromatic heterocycles. The number of halogens is 1. The van der Waals surface area contributed by atoms with E-state index in [1.807, 2.05) is 6.92 Å². The molecule has 2 unspecified atom stereocenters. The summed E-state index contributed by atoms with van der Waals surface area (Å²) in [4.78, 5) is 0.571. The van der Waals surface area contributed by atoms with Crippen molar-refractivity contribution in [1.82, 2.24) is 0 Å². The number of hydrogen-bond donors (Lipinski definition) is 1. The van der Waals surface area contributed by atoms with Crippen LogP contribution in [0.25, 0.3) is 0 Å². The lowest BCUT2D eigenvalue weighted by Crippen LogP contribution is -2.17. The maximum atomic E-state index is 12.0. The Morgan fingerprint density at radius 3 is 2.87 bits per heavy atom. The Morgan fingerprint density at radius 1 is 1.60 bits per heavy atom. The van der Waals surface area contributed by atoms with Gasteiger partial charge in [-0.05, 0) is 25.1 Å². The molecule has 1 aromatic carbocycles. The third-order valence-electron chi connectivity index (χ3n) is 1.94. The number of ether oxygens (including phenoxy) is 1. The van der Waals surface area contributed by atoms with Crippen molar-refractivity contribution >= 4 is 28.1 Å². The molecule has 2 N–H and O–H groups in total. The summed E-state index contributed by atoms with van der Waals surface area (Å²) >= 11 is 5.95. The minimum Gasteiger partial charge on any atom is -0.399 e. The highest BCUT2D eigenvalue weighted by molar-refractivity contribution is 7.85. The van der Waals surface area contributed by atoms with Crippen molar-refractivity contribution in [3.8, 4) is 0 Å². The van der Waals surface area contributed by atoms with Crippen molar-refractivity contribution in [2.24, 2.45) is 0 Å². The maximum absolute atomic E-state index is 12.0. The summed E-state index contributed by atoms with van der Waals surface area (Å²) in [5.74, 6) is 0. The van der Waals surface area contributed by atoms with Gasteiger partial charge in [-0.25, -0.2) is 0 Å². The van der Waals surface area contributed by atoms with Gasteiger partial charge in [-0.1, -0.05) is 11.6 Å². The van der Waals surface area contributed by atoms with Gasteiger partial charge in [-0.15, -0.1) is 0 Å². The molecule has 1 rings (SSSR count). The summed E-state index contributed by atoms with van der Waals surface area (Å²) in [6.07, 6.45) is 0. The summed E-state index contributed by atoms with van der Waals surface area (Å²) in [6, 6.07) is 4.98. The molecule has 5 heteroatoms. The fourth-order valence-electron chi connectivity index (χ4n) is 1.19. The molecule has 0 spiro atoms. The minimum absolute atomic E-state index is 0.103. The normalized spacial score (nSPS) is 14.9. The molecule has 0 aliphatic carbocycles. The topological polar surface area (TPSA) is 52.3 Å². The first kappa shape index (κ1) is 12.5. The van der Waals surface area contributed by atoms with Crippen LogP contribution in [0.4, 0.5) is 5.69 Å². The molecule has 0 saturated carbocycles. The van der Waals surface area contributed by atoms with Crippen LogP contribution in [-0.2, 0) is 15.5 Å². The summed E-state index contributed by atoms with van der Waals surface area (Å²) in [6.45, 7) is 2.27. The van der Waals surface area contributed by atoms with E-state index >= 15 is 0 Å². The zero-order valence-electron chi connectivity index (χ0n) is 8.70. The van der Waals surface area contributed by atoms with Crippen LogP contribution < -0.4 is 5.73 Å². The predicted octanol–water partition coefficient (Wildman–Crippen LogP) is 2.06. The lowest BCUT2D eigenvalue weighted by molar-refractivity contribution is 0.202. The fraction of sp³-hybridized carbons (Fsp3) is 0.400. The van der Waals surface area contributed by atoms with Crippen LogP contribution in [0.3, 0.4) is 0 Å². The van der Waals surface area contributed by atoms with Crippen LogP contribution in [-0.4, -0.2) is 23.2 Å². The molecule has 3 nitrogen and oxygen atoms in total. The Hall–Kier alpha value is -0.580. The van der Waals surface area contributed by atoms with Gasteiger partial charge in [0.05, 0.1) is 32.6 Å². The standard InChI is InChI=1S/C10H14ClNO2S/c1-7(6-14-2)15(13)10-5-8(12)3-4-9(10)11/h3-5,7H,6,12H2,1-2H3. The molecule has 0 aliphatic heterocycles. The van der Waals surface area contributed by atoms with Crippen LogP contribution in [0.1, 0.15) is 6.92 Å². The zero-order chi connectivity index (χ0) is 11.4. The average Bonchev–Trinajstić information content (AvgIpc) is 2.21. The van der Waals surface area contributed by atoms with Crippen molar-refractivity contribution < 1.29 is 8.95 Å². The number of anilines is 1. The molecule has 0 aliphatic rings. The monoisotopic (exact) mass is 247 g/mol. The van der Waals surface area contributed by atoms with Crippen LogP contribution in [0.15, 0.2) is 23.1 Å². The summed E-state index contributed by atoms with van der Waals surface area (Å²) in [7, 11) is 0.391. The van der Waals surface area contributed by atoms with Crippen molar-refractivity contribution in [1.29, 1.82) is 0 Å². The quantitative estimate of drug-likeness (QED) is 0.829. The first-order valence-corrected chi connectivity index (χ1v) is 6.10. The van der Waals surface area contributed by atoms with E-state index in [0.717, 1.165) is 0 Å². The molecule has 0 amide bonds. The van der Waals surface area contributed by atoms with E-state index in [4.69, 9.17) is 22.1 Å². The molecule has 0 fully saturated rings. The highest BCUT2D eigenvalue weighted by atomic mass is 35.5. The van der Waals surface area contributed by atoms with E-state index in [0.29, 0.717) is 22.2 Å². The number of nitrogens with two attached hydrogens (primary N) is 1. The molecule has 0 saturated heterocycles. The van der Waals surface area contributed by atoms with Gasteiger partial charge in [0.25, 0.3) is 0 Å². The molecule has 0 radical (unpaired) electrons. The predicted molar refractivity (Wildman–Crippen MR) is 63.6 cm³/mol. The van der Waals surface area contributed by atoms with Gasteiger partial charge in [0.2, 0.25) is 0 Å². The molecular formula is C10H14ClNO2S. The van der Waals surface area contributed by atoms with Gasteiger partial charge in [0, 0.05) is 12.8 Å². The number of rotatable bonds is 4. The van der Waals surface area contributed by atoms with E-state index in [-0.39, 0.29) is 5.25 Å². The fourth-order valence-corrected chi connectivity index (χ4v) is 2.74. The lowest BCUT2D eigenvalue weighted by atomic mass is 10.3. The molecule has 2 atom stereocenters. The Bertz CT molecular complexity index is 370. The van der Waals surface area contributed by atoms with Gasteiger partial charge in [-0.2, -0.15) is 0 Å². The highest BCUT2D eigenvalue weighted by Gasteiger charge is 2.16. The third kappa shape index (κ3) is 3.19. The van der Waals surface area contributed by atoms with Gasteiger partial charge in [0.1, 0.15) is 0 Å². The first-order chi connectivity index (χ1) is 7.06. The Morgan fingerprint density at radius 2 is 2.27 bits per heavy atom. The molecular weight excluding hydrogens is 234 g/mol. The highest BCUT2D eigenvalue weighted by Crippen LogP contribution is 2.24. The lowest BCUT2D eigenvalue weighted by Gasteiger charge is -2.11. The average molecular weight is 248 g/mol. The van der Waals surface area contributed by atoms with Crippen molar-refractivity contribution in [3.05, 3.63) is 23.2 Å². The van der Waals surface area contributed by atoms with E-state index < -0.39 is 10.8 Å². The molecule has 15 heavy (non-hydrogen) atoms. The first-order valence-electron chi connectivity index (χ1n) is 4.50. The summed E-state index contributed by atoms with van der Waals surface area (Å²) < 4.78 is 16.9. The number of nitrogen functional groups attached to an aromatic ring is 1. The summed E-state index contributed by atoms with van der Waals surface area (Å²) in [5, 5.41) is 0.375. The zero-order valence-corrected chi connectivity index (χ0v) is 10.3. The Labute approximate surface area is 97.0 Å². The van der Waals surface area contributed by atoms with E-state index in [1.54, 1.807) is 25.3 Å². The van der Waals surface area contributed by atoms with E-state index in [2.05, 4.69) is 0 Å². The van der Waals surface area contributed by atoms with Crippen molar-refractivity contribution in [3.63, 3.8) is 0 Å². The molecule has 1 aromatic rings. The van der Waals surface area contributed by atoms with Gasteiger partial charge >= 0.3 is 0 Å². The Balaban J connectivity index is 2.95. The second kappa shape index (κ2) is 5.49. The second-order valence-corrected chi connectivity index (χ2v) is 5.50. The van der Waals surface area contributed by atoms with Crippen LogP contribution >= 0.6 is 11.6 Å². The SMILES string of the molecule is COCC(C)S(=O)c1cc(N)ccc1Cl. The van der Waals surface area contributed by atoms with Crippen LogP contribution in [0.5, 0.6) is 0 Å². The number of benzene rings is 1. The van der Waals surface area contributed by atoms with Crippen molar-refractivity contribution in [2.45, 2.75) is 17.1 Å². The van der Waals surface area contributed by atoms with E-state index in [1.165, 1.54) is 0 Å². The van der Waals surface area contributed by atoms with Crippen LogP contribution in [0.2, 0.25) is 5.02 Å². The van der Waals surface area contributed by atoms with Crippen molar-refractivity contribution in [2.75, 3.05) is 19.5 Å². The minimum atomic E-state index is -1.19. The number of methoxy groups -OCH3 is 1. The Kier molecular flexibility index (Phi) is 4.57. The van der Waals surface area contributed by atoms with Gasteiger partial charge in [0.15, 0.2) is 0 Å². The summed E-state index contributed by atoms with van der Waals surface area (Å²) in [5.41, 5.74) is 6.18. The third-order valence-corrected chi connectivity index (χ3v) is 4.02. The smallest absolute Gasteiger partial charge is 0.0607 e. The second-order valence-electron chi connectivity index (χ2n) is 3.25. The van der Waals surface area contributed by atoms with Gasteiger partial charge in [-0.3, -0.25) is 4.21 Å². The van der Waals surface area contributed by atoms with Gasteiger partial charge < -0.3 is 10.5 Å². The maximum Gasteiger partial charge on any atom is 0.0607 e. The largest absolute Gasteiger partial charge is 0.399 e. The molecule has 84 valence electrons. The molecule has 0 bridgehead atoms. The molecule has 0 heterocycles. The van der Waals surface area contributed by atoms with E-state index in [9.17, 15) is 4.21 Å². The van der Waals surface area contributed by atoms with Crippen LogP contribution in [0, 0.1) is 0 Å².